The number of urea groups is 1. The molecule has 21 heavy (non-hydrogen) atoms. The second-order valence-corrected chi connectivity index (χ2v) is 7.43. The van der Waals surface area contributed by atoms with E-state index in [2.05, 4.69) is 5.32 Å². The number of carbonyl (C=O) groups is 2. The zero-order valence-corrected chi connectivity index (χ0v) is 13.9. The first-order valence-corrected chi connectivity index (χ1v) is 9.12. The molecule has 0 bridgehead atoms. The number of hydrogen-bond acceptors (Lipinski definition) is 3. The first-order valence-electron chi connectivity index (χ1n) is 7.39. The van der Waals surface area contributed by atoms with E-state index in [9.17, 15) is 18.9 Å². The SMILES string of the molecule is CCCC1(C(=O)O)CCCN(C(=O)NC(C)CS(C)=O)C1. The Kier molecular flexibility index (Phi) is 6.64. The quantitative estimate of drug-likeness (QED) is 0.775. The number of carbonyl (C=O) groups excluding carboxylic acids is 1. The first-order chi connectivity index (χ1) is 9.80. The van der Waals surface area contributed by atoms with Crippen molar-refractivity contribution < 1.29 is 18.9 Å². The molecule has 1 heterocycles. The topological polar surface area (TPSA) is 86.7 Å². The number of amides is 2. The van der Waals surface area contributed by atoms with E-state index in [0.29, 0.717) is 31.6 Å². The third-order valence-electron chi connectivity index (χ3n) is 3.90. The van der Waals surface area contributed by atoms with Crippen LogP contribution in [0.3, 0.4) is 0 Å². The molecule has 0 spiro atoms. The molecule has 0 saturated carbocycles. The predicted octanol–water partition coefficient (Wildman–Crippen LogP) is 1.43. The minimum atomic E-state index is -0.970. The predicted molar refractivity (Wildman–Crippen MR) is 82.7 cm³/mol. The van der Waals surface area contributed by atoms with Crippen molar-refractivity contribution in [1.29, 1.82) is 0 Å². The van der Waals surface area contributed by atoms with Crippen molar-refractivity contribution in [3.63, 3.8) is 0 Å². The average molecular weight is 318 g/mol. The maximum Gasteiger partial charge on any atom is 0.317 e. The van der Waals surface area contributed by atoms with Crippen LogP contribution in [0.25, 0.3) is 0 Å². The molecular weight excluding hydrogens is 292 g/mol. The maximum absolute atomic E-state index is 12.2. The molecule has 1 fully saturated rings. The van der Waals surface area contributed by atoms with Crippen molar-refractivity contribution in [3.8, 4) is 0 Å². The van der Waals surface area contributed by atoms with Gasteiger partial charge in [-0.25, -0.2) is 4.79 Å². The van der Waals surface area contributed by atoms with Crippen molar-refractivity contribution in [3.05, 3.63) is 0 Å². The number of nitrogens with zero attached hydrogens (tertiary/aromatic N) is 1. The van der Waals surface area contributed by atoms with E-state index in [1.165, 1.54) is 0 Å². The lowest BCUT2D eigenvalue weighted by Gasteiger charge is -2.40. The van der Waals surface area contributed by atoms with Gasteiger partial charge < -0.3 is 15.3 Å². The lowest BCUT2D eigenvalue weighted by atomic mass is 9.76. The van der Waals surface area contributed by atoms with Crippen molar-refractivity contribution in [1.82, 2.24) is 10.2 Å². The Morgan fingerprint density at radius 3 is 2.67 bits per heavy atom. The summed E-state index contributed by atoms with van der Waals surface area (Å²) >= 11 is 0. The Bertz CT molecular complexity index is 412. The van der Waals surface area contributed by atoms with Gasteiger partial charge in [0, 0.05) is 41.9 Å². The second-order valence-electron chi connectivity index (χ2n) is 5.95. The van der Waals surface area contributed by atoms with Gasteiger partial charge in [0.05, 0.1) is 5.41 Å². The minimum absolute atomic E-state index is 0.185. The number of carboxylic acids is 1. The zero-order valence-electron chi connectivity index (χ0n) is 13.1. The molecule has 6 nitrogen and oxygen atoms in total. The van der Waals surface area contributed by atoms with Crippen LogP contribution in [0.15, 0.2) is 0 Å². The summed E-state index contributed by atoms with van der Waals surface area (Å²) in [6.45, 7) is 4.60. The van der Waals surface area contributed by atoms with Crippen molar-refractivity contribution >= 4 is 22.8 Å². The van der Waals surface area contributed by atoms with Crippen LogP contribution in [0.1, 0.15) is 39.5 Å². The summed E-state index contributed by atoms with van der Waals surface area (Å²) in [5.41, 5.74) is -0.818. The fraction of sp³-hybridized carbons (Fsp3) is 0.857. The van der Waals surface area contributed by atoms with Gasteiger partial charge in [0.15, 0.2) is 0 Å². The first kappa shape index (κ1) is 17.9. The summed E-state index contributed by atoms with van der Waals surface area (Å²) in [6, 6.07) is -0.440. The van der Waals surface area contributed by atoms with Crippen molar-refractivity contribution in [2.45, 2.75) is 45.6 Å². The molecule has 1 aliphatic heterocycles. The van der Waals surface area contributed by atoms with Crippen LogP contribution in [0.2, 0.25) is 0 Å². The number of nitrogens with one attached hydrogen (secondary N) is 1. The molecule has 3 atom stereocenters. The van der Waals surface area contributed by atoms with Crippen LogP contribution in [0, 0.1) is 5.41 Å². The molecule has 2 N–H and O–H groups in total. The molecule has 122 valence electrons. The van der Waals surface area contributed by atoms with E-state index in [4.69, 9.17) is 0 Å². The highest BCUT2D eigenvalue weighted by molar-refractivity contribution is 7.84. The minimum Gasteiger partial charge on any atom is -0.481 e. The summed E-state index contributed by atoms with van der Waals surface area (Å²) < 4.78 is 11.2. The van der Waals surface area contributed by atoms with Gasteiger partial charge in [-0.2, -0.15) is 0 Å². The second kappa shape index (κ2) is 7.77. The fourth-order valence-corrected chi connectivity index (χ4v) is 3.75. The number of hydrogen-bond donors (Lipinski definition) is 2. The Morgan fingerprint density at radius 1 is 1.48 bits per heavy atom. The van der Waals surface area contributed by atoms with Gasteiger partial charge in [-0.3, -0.25) is 9.00 Å². The van der Waals surface area contributed by atoms with Crippen LogP contribution < -0.4 is 5.32 Å². The third-order valence-corrected chi connectivity index (χ3v) is 4.87. The van der Waals surface area contributed by atoms with E-state index < -0.39 is 22.2 Å². The Morgan fingerprint density at radius 2 is 2.14 bits per heavy atom. The zero-order chi connectivity index (χ0) is 16.0. The van der Waals surface area contributed by atoms with E-state index >= 15 is 0 Å². The van der Waals surface area contributed by atoms with E-state index in [-0.39, 0.29) is 18.6 Å². The number of aliphatic carboxylic acids is 1. The lowest BCUT2D eigenvalue weighted by Crippen LogP contribution is -2.54. The van der Waals surface area contributed by atoms with Gasteiger partial charge in [0.25, 0.3) is 0 Å². The van der Waals surface area contributed by atoms with E-state index in [1.54, 1.807) is 18.1 Å². The maximum atomic E-state index is 12.2. The summed E-state index contributed by atoms with van der Waals surface area (Å²) in [5, 5.41) is 12.3. The third kappa shape index (κ3) is 4.98. The summed E-state index contributed by atoms with van der Waals surface area (Å²) in [6.07, 6.45) is 4.29. The highest BCUT2D eigenvalue weighted by atomic mass is 32.2. The number of rotatable bonds is 6. The van der Waals surface area contributed by atoms with Gasteiger partial charge >= 0.3 is 12.0 Å². The van der Waals surface area contributed by atoms with Crippen LogP contribution in [0.4, 0.5) is 4.79 Å². The van der Waals surface area contributed by atoms with Crippen LogP contribution in [-0.4, -0.2) is 57.4 Å². The van der Waals surface area contributed by atoms with E-state index in [1.807, 2.05) is 6.92 Å². The van der Waals surface area contributed by atoms with Crippen molar-refractivity contribution in [2.24, 2.45) is 5.41 Å². The Balaban J connectivity index is 2.68. The molecule has 0 aromatic rings. The molecule has 0 aliphatic carbocycles. The molecule has 3 unspecified atom stereocenters. The summed E-state index contributed by atoms with van der Waals surface area (Å²) in [4.78, 5) is 25.4. The summed E-state index contributed by atoms with van der Waals surface area (Å²) in [7, 11) is -0.970. The molecule has 0 aromatic carbocycles. The van der Waals surface area contributed by atoms with Gasteiger partial charge in [-0.05, 0) is 26.2 Å². The molecule has 0 aromatic heterocycles. The molecule has 1 rings (SSSR count). The van der Waals surface area contributed by atoms with Crippen LogP contribution in [0.5, 0.6) is 0 Å². The molecule has 7 heteroatoms. The molecule has 2 amide bonds. The highest BCUT2D eigenvalue weighted by Crippen LogP contribution is 2.35. The van der Waals surface area contributed by atoms with Crippen LogP contribution >= 0.6 is 0 Å². The monoisotopic (exact) mass is 318 g/mol. The normalized spacial score (nSPS) is 25.2. The Hall–Kier alpha value is -1.11. The number of likely N-dealkylation sites (tertiary alicyclic amines) is 1. The van der Waals surface area contributed by atoms with Gasteiger partial charge in [0.2, 0.25) is 0 Å². The lowest BCUT2D eigenvalue weighted by molar-refractivity contribution is -0.152. The smallest absolute Gasteiger partial charge is 0.317 e. The van der Waals surface area contributed by atoms with Gasteiger partial charge in [-0.15, -0.1) is 0 Å². The average Bonchev–Trinajstić information content (AvgIpc) is 2.38. The standard InChI is InChI=1S/C14H26N2O4S/c1-4-6-14(12(17)18)7-5-8-16(10-14)13(19)15-11(2)9-21(3)20/h11H,4-10H2,1-3H3,(H,15,19)(H,17,18). The largest absolute Gasteiger partial charge is 0.481 e. The van der Waals surface area contributed by atoms with Crippen LogP contribution in [-0.2, 0) is 15.6 Å². The highest BCUT2D eigenvalue weighted by Gasteiger charge is 2.42. The molecule has 1 aliphatic rings. The van der Waals surface area contributed by atoms with Gasteiger partial charge in [-0.1, -0.05) is 13.3 Å². The van der Waals surface area contributed by atoms with Gasteiger partial charge in [0.1, 0.15) is 0 Å². The number of carboxylic acid groups (broad SMARTS) is 1. The summed E-state index contributed by atoms with van der Waals surface area (Å²) in [5.74, 6) is -0.414. The van der Waals surface area contributed by atoms with Crippen molar-refractivity contribution in [2.75, 3.05) is 25.1 Å². The molecular formula is C14H26N2O4S. The molecule has 1 saturated heterocycles. The number of piperidine rings is 1. The molecule has 0 radical (unpaired) electrons. The van der Waals surface area contributed by atoms with E-state index in [0.717, 1.165) is 6.42 Å². The Labute approximate surface area is 128 Å². The fourth-order valence-electron chi connectivity index (χ4n) is 2.97.